The summed E-state index contributed by atoms with van der Waals surface area (Å²) in [5.41, 5.74) is 6.43. The summed E-state index contributed by atoms with van der Waals surface area (Å²) in [6.07, 6.45) is -5.36. The first kappa shape index (κ1) is 76.5. The number of anilines is 5. The molecule has 0 aliphatic carbocycles. The van der Waals surface area contributed by atoms with Crippen molar-refractivity contribution in [2.45, 2.75) is 105 Å². The summed E-state index contributed by atoms with van der Waals surface area (Å²) in [5, 5.41) is 33.4. The van der Waals surface area contributed by atoms with Gasteiger partial charge in [0.2, 0.25) is 10.6 Å². The van der Waals surface area contributed by atoms with Crippen molar-refractivity contribution in [1.29, 1.82) is 0 Å². The predicted octanol–water partition coefficient (Wildman–Crippen LogP) is 10.4. The van der Waals surface area contributed by atoms with Gasteiger partial charge >= 0.3 is 77.0 Å². The normalized spacial score (nSPS) is 11.5. The van der Waals surface area contributed by atoms with Crippen LogP contribution >= 0.6 is 34.8 Å². The number of nitrogens with one attached hydrogen (secondary N) is 2. The molecule has 0 aliphatic heterocycles. The number of fused-ring (bicyclic) bond motifs is 3. The summed E-state index contributed by atoms with van der Waals surface area (Å²) in [7, 11) is -1.34. The van der Waals surface area contributed by atoms with E-state index in [2.05, 4.69) is 70.4 Å². The summed E-state index contributed by atoms with van der Waals surface area (Å²) >= 11 is 17.5. The second-order valence-electron chi connectivity index (χ2n) is 21.1. The molecule has 0 unspecified atom stereocenters. The van der Waals surface area contributed by atoms with Crippen molar-refractivity contribution in [3.8, 4) is 11.4 Å². The summed E-state index contributed by atoms with van der Waals surface area (Å²) < 4.78 is 118. The van der Waals surface area contributed by atoms with Gasteiger partial charge in [0.1, 0.15) is 22.6 Å². The predicted molar refractivity (Wildman–Crippen MR) is 332 cm³/mol. The number of imidazole rings is 3. The second kappa shape index (κ2) is 33.2. The zero-order chi connectivity index (χ0) is 68.0. The molecule has 0 aliphatic rings. The molecule has 11 rings (SSSR count). The van der Waals surface area contributed by atoms with Crippen molar-refractivity contribution in [2.24, 2.45) is 0 Å². The Morgan fingerprint density at radius 3 is 1.25 bits per heavy atom. The fraction of sp³-hybridized carbons (Fsp3) is 0.276. The van der Waals surface area contributed by atoms with Gasteiger partial charge in [-0.3, -0.25) is 15.0 Å². The van der Waals surface area contributed by atoms with E-state index in [1.807, 2.05) is 87.1 Å². The number of aromatic nitrogens is 15. The van der Waals surface area contributed by atoms with E-state index in [9.17, 15) is 44.6 Å². The van der Waals surface area contributed by atoms with Gasteiger partial charge in [-0.15, -0.1) is 5.60 Å². The van der Waals surface area contributed by atoms with Gasteiger partial charge in [0.05, 0.1) is 19.0 Å². The van der Waals surface area contributed by atoms with Crippen molar-refractivity contribution < 1.29 is 106 Å². The Kier molecular flexibility index (Phi) is 27.3. The molecule has 0 spiro atoms. The van der Waals surface area contributed by atoms with E-state index in [-0.39, 0.29) is 103 Å². The van der Waals surface area contributed by atoms with Crippen molar-refractivity contribution in [3.63, 3.8) is 0 Å². The van der Waals surface area contributed by atoms with E-state index >= 15 is 0 Å². The Labute approximate surface area is 584 Å². The Morgan fingerprint density at radius 2 is 0.860 bits per heavy atom. The minimum absolute atomic E-state index is 0. The van der Waals surface area contributed by atoms with Crippen LogP contribution in [0.15, 0.2) is 135 Å². The van der Waals surface area contributed by atoms with Crippen molar-refractivity contribution in [1.82, 2.24) is 73.5 Å². The molecular formula is C58H58BCl3F9KN18O3. The molecule has 11 aromatic rings. The molecule has 2 aromatic carbocycles. The molecule has 6 N–H and O–H groups in total. The van der Waals surface area contributed by atoms with Crippen LogP contribution < -0.4 is 78.3 Å². The molecule has 21 nitrogen and oxygen atoms in total. The van der Waals surface area contributed by atoms with Crippen LogP contribution in [0.5, 0.6) is 0 Å². The zero-order valence-electron chi connectivity index (χ0n) is 51.1. The van der Waals surface area contributed by atoms with Gasteiger partial charge in [-0.1, -0.05) is 93.0 Å². The third-order valence-corrected chi connectivity index (χ3v) is 12.3. The number of alkyl halides is 9. The molecule has 486 valence electrons. The number of hydrogen-bond donors (Lipinski definition) is 5. The maximum absolute atomic E-state index is 13.0. The third kappa shape index (κ3) is 22.7. The number of nitrogen functional groups attached to an aromatic ring is 1. The molecule has 9 heterocycles. The van der Waals surface area contributed by atoms with Gasteiger partial charge in [0.15, 0.2) is 50.6 Å². The van der Waals surface area contributed by atoms with Gasteiger partial charge in [-0.2, -0.15) is 54.5 Å². The van der Waals surface area contributed by atoms with Gasteiger partial charge in [-0.25, -0.2) is 29.9 Å². The van der Waals surface area contributed by atoms with Crippen LogP contribution in [-0.4, -0.2) is 96.3 Å². The maximum Gasteiger partial charge on any atom is 1.00 e. The van der Waals surface area contributed by atoms with Gasteiger partial charge in [-0.05, 0) is 107 Å². The molecule has 0 saturated carbocycles. The fourth-order valence-electron chi connectivity index (χ4n) is 7.52. The van der Waals surface area contributed by atoms with E-state index in [1.54, 1.807) is 68.6 Å². The largest absolute Gasteiger partial charge is 1.00 e. The summed E-state index contributed by atoms with van der Waals surface area (Å²) in [4.78, 5) is 47.8. The molecular weight excluding hydrogens is 1320 g/mol. The molecule has 0 bridgehead atoms. The van der Waals surface area contributed by atoms with Crippen molar-refractivity contribution >= 4 is 110 Å². The van der Waals surface area contributed by atoms with Crippen LogP contribution in [0.4, 0.5) is 68.2 Å². The van der Waals surface area contributed by atoms with Crippen molar-refractivity contribution in [2.75, 3.05) is 16.4 Å². The van der Waals surface area contributed by atoms with Crippen LogP contribution in [0.1, 0.15) is 97.5 Å². The number of benzene rings is 2. The number of pyridine rings is 3. The molecule has 93 heavy (non-hydrogen) atoms. The molecule has 0 saturated heterocycles. The zero-order valence-corrected chi connectivity index (χ0v) is 56.5. The minimum atomic E-state index is -4.53. The average molecular weight is 1380 g/mol. The Bertz CT molecular complexity index is 4190. The molecule has 0 amide bonds. The van der Waals surface area contributed by atoms with Crippen LogP contribution in [0.3, 0.4) is 0 Å². The summed E-state index contributed by atoms with van der Waals surface area (Å²) in [6.45, 7) is 16.8. The van der Waals surface area contributed by atoms with Crippen LogP contribution in [0.25, 0.3) is 44.9 Å². The molecule has 0 fully saturated rings. The molecule has 9 aromatic heterocycles. The molecule has 0 radical (unpaired) electrons. The van der Waals surface area contributed by atoms with Crippen LogP contribution in [0, 0.1) is 0 Å². The SMILES string of the molecule is CC(C)(C)[O-].CC(C)n1cnc2c(Cl)nc(Cl)nc21.CC(C)n1cnc2c(Nc3ccnc(C(F)(F)F)c3)nc(-c3ccccc3)nc21.CC(C)n1cnc2c(Nc3ccnc(C(F)(F)F)c3)nc(Cl)nc21.Nc1ccnc(C(F)(F)F)c1.OB(O)c1ccccc1.[K+]. The van der Waals surface area contributed by atoms with Crippen molar-refractivity contribution in [3.05, 3.63) is 167 Å². The average Bonchev–Trinajstić information content (AvgIpc) is 1.71. The molecule has 0 atom stereocenters. The summed E-state index contributed by atoms with van der Waals surface area (Å²) in [5.74, 6) is 1.00. The maximum atomic E-state index is 13.0. The topological polar surface area (TPSA) is 283 Å². The first-order chi connectivity index (χ1) is 43.0. The quantitative estimate of drug-likeness (QED) is 0.0389. The Hall–Kier alpha value is -7.24. The first-order valence-corrected chi connectivity index (χ1v) is 28.4. The number of hydrogen-bond acceptors (Lipinski definition) is 18. The summed E-state index contributed by atoms with van der Waals surface area (Å²) in [6, 6.07) is 25.2. The fourth-order valence-corrected chi connectivity index (χ4v) is 8.10. The number of rotatable bonds is 9. The Morgan fingerprint density at radius 1 is 0.495 bits per heavy atom. The Balaban J connectivity index is 0.000000219. The van der Waals surface area contributed by atoms with Crippen LogP contribution in [-0.2, 0) is 18.5 Å². The van der Waals surface area contributed by atoms with E-state index in [0.717, 1.165) is 42.4 Å². The monoisotopic (exact) mass is 1380 g/mol. The number of halogens is 12. The van der Waals surface area contributed by atoms with E-state index in [0.29, 0.717) is 55.7 Å². The standard InChI is InChI=1S/C20H17F3N6.C14H12ClF3N6.C8H8Cl2N4.C6H7BO2.C6H5F3N2.C4H9O.K/c1-12(2)29-11-25-16-18(26-14-8-9-24-15(10-14)20(21,22)23)27-17(28-19(16)29)13-6-4-3-5-7-13;1-7(2)24-6-20-10-11(22-13(15)23-12(10)24)21-8-3-4-19-9(5-8)14(16,17)18;1-4(2)14-3-11-5-6(9)12-8(10)13-7(5)14;8-7(9)6-4-2-1-3-5-6;7-6(8,9)5-3-4(10)1-2-11-5;1-4(2,3)5;/h3-12H,1-2H3,(H,24,26,27,28);3-7H,1-2H3,(H,19,21,22,23);3-4H,1-2H3;1-5,8-9H;1-3H,(H2,10,11);1-3H3;/q;;;;;-1;+1. The van der Waals surface area contributed by atoms with E-state index in [1.165, 1.54) is 18.2 Å². The van der Waals surface area contributed by atoms with E-state index < -0.39 is 48.3 Å². The van der Waals surface area contributed by atoms with Gasteiger partial charge < -0.3 is 45.2 Å². The number of nitrogens with two attached hydrogens (primary N) is 1. The molecule has 35 heteroatoms. The van der Waals surface area contributed by atoms with Gasteiger partial charge in [0, 0.05) is 59.3 Å². The van der Waals surface area contributed by atoms with E-state index in [4.69, 9.17) is 50.6 Å². The minimum Gasteiger partial charge on any atom is -0.850 e. The third-order valence-electron chi connectivity index (χ3n) is 11.7. The smallest absolute Gasteiger partial charge is 0.850 e. The second-order valence-corrected chi connectivity index (χ2v) is 22.1. The van der Waals surface area contributed by atoms with Crippen LogP contribution in [0.2, 0.25) is 15.7 Å². The first-order valence-electron chi connectivity index (χ1n) is 27.2. The number of nitrogens with zero attached hydrogens (tertiary/aromatic N) is 15. The van der Waals surface area contributed by atoms with Gasteiger partial charge in [0.25, 0.3) is 0 Å².